The van der Waals surface area contributed by atoms with E-state index in [1.807, 2.05) is 0 Å². The Balaban J connectivity index is 3.10. The second kappa shape index (κ2) is 3.74. The van der Waals surface area contributed by atoms with Crippen LogP contribution in [-0.2, 0) is 9.24 Å². The largest absolute Gasteiger partial charge is 0.319 e. The zero-order chi connectivity index (χ0) is 10.1. The third-order valence-electron chi connectivity index (χ3n) is 1.50. The van der Waals surface area contributed by atoms with Crippen molar-refractivity contribution < 1.29 is 8.42 Å². The van der Waals surface area contributed by atoms with E-state index in [2.05, 4.69) is 4.72 Å². The molecule has 0 aliphatic rings. The van der Waals surface area contributed by atoms with Gasteiger partial charge in [0.15, 0.2) is 0 Å². The summed E-state index contributed by atoms with van der Waals surface area (Å²) < 4.78 is 23.5. The van der Waals surface area contributed by atoms with Crippen molar-refractivity contribution in [2.24, 2.45) is 0 Å². The van der Waals surface area contributed by atoms with E-state index >= 15 is 0 Å². The lowest BCUT2D eigenvalue weighted by atomic mass is 10.2. The molecule has 6 heteroatoms. The summed E-state index contributed by atoms with van der Waals surface area (Å²) in [5.41, 5.74) is 1.04. The molecule has 0 spiro atoms. The van der Waals surface area contributed by atoms with E-state index in [0.29, 0.717) is 16.3 Å². The van der Waals surface area contributed by atoms with Crippen LogP contribution in [0.1, 0.15) is 5.56 Å². The van der Waals surface area contributed by atoms with Crippen LogP contribution >= 0.6 is 22.3 Å². The summed E-state index contributed by atoms with van der Waals surface area (Å²) in [5.74, 6) is 0. The van der Waals surface area contributed by atoms with Crippen LogP contribution in [0, 0.1) is 6.92 Å². The summed E-state index contributed by atoms with van der Waals surface area (Å²) in [6, 6.07) is 4.89. The highest BCUT2D eigenvalue weighted by atomic mass is 35.7. The number of anilines is 1. The molecule has 1 aromatic carbocycles. The van der Waals surface area contributed by atoms with Gasteiger partial charge < -0.3 is 0 Å². The van der Waals surface area contributed by atoms with Crippen LogP contribution in [0.5, 0.6) is 0 Å². The van der Waals surface area contributed by atoms with E-state index in [0.717, 1.165) is 0 Å². The maximum Gasteiger partial charge on any atom is 0.319 e. The highest BCUT2D eigenvalue weighted by Gasteiger charge is 2.07. The first kappa shape index (κ1) is 10.6. The van der Waals surface area contributed by atoms with Gasteiger partial charge in [-0.25, -0.2) is 0 Å². The summed E-state index contributed by atoms with van der Waals surface area (Å²) in [7, 11) is 1.26. The van der Waals surface area contributed by atoms with Gasteiger partial charge in [0.1, 0.15) is 0 Å². The Bertz CT molecular complexity index is 417. The predicted molar refractivity (Wildman–Crippen MR) is 54.6 cm³/mol. The van der Waals surface area contributed by atoms with Crippen molar-refractivity contribution in [1.82, 2.24) is 0 Å². The van der Waals surface area contributed by atoms with Crippen molar-refractivity contribution in [2.45, 2.75) is 6.92 Å². The first-order valence-corrected chi connectivity index (χ1v) is 6.06. The smallest absolute Gasteiger partial charge is 0.271 e. The Morgan fingerprint density at radius 3 is 2.54 bits per heavy atom. The van der Waals surface area contributed by atoms with E-state index in [9.17, 15) is 8.42 Å². The van der Waals surface area contributed by atoms with Crippen LogP contribution in [0.2, 0.25) is 5.02 Å². The molecule has 0 aliphatic carbocycles. The maximum absolute atomic E-state index is 10.7. The molecule has 3 nitrogen and oxygen atoms in total. The van der Waals surface area contributed by atoms with Gasteiger partial charge in [-0.1, -0.05) is 17.7 Å². The van der Waals surface area contributed by atoms with Gasteiger partial charge in [-0.05, 0) is 24.6 Å². The standard InChI is InChI=1S/C7H7Cl2NO2S/c1-5-6(8)3-2-4-7(5)10-13(9,11)12/h2-4,10H,1H3. The average molecular weight is 240 g/mol. The summed E-state index contributed by atoms with van der Waals surface area (Å²) in [4.78, 5) is 0. The van der Waals surface area contributed by atoms with Gasteiger partial charge in [0.05, 0.1) is 5.69 Å². The lowest BCUT2D eigenvalue weighted by Crippen LogP contribution is -2.05. The van der Waals surface area contributed by atoms with Crippen LogP contribution in [-0.4, -0.2) is 8.42 Å². The zero-order valence-corrected chi connectivity index (χ0v) is 9.04. The molecule has 0 aromatic heterocycles. The van der Waals surface area contributed by atoms with E-state index in [1.54, 1.807) is 25.1 Å². The molecule has 1 aromatic rings. The van der Waals surface area contributed by atoms with Crippen LogP contribution in [0.15, 0.2) is 18.2 Å². The van der Waals surface area contributed by atoms with E-state index in [1.165, 1.54) is 0 Å². The number of nitrogens with one attached hydrogen (secondary N) is 1. The molecule has 0 amide bonds. The zero-order valence-electron chi connectivity index (χ0n) is 6.71. The van der Waals surface area contributed by atoms with Crippen molar-refractivity contribution in [3.05, 3.63) is 28.8 Å². The molecule has 0 fully saturated rings. The van der Waals surface area contributed by atoms with Gasteiger partial charge in [0.2, 0.25) is 0 Å². The third kappa shape index (κ3) is 3.06. The summed E-state index contributed by atoms with van der Waals surface area (Å²) >= 11 is 5.76. The molecular formula is C7H7Cl2NO2S. The fraction of sp³-hybridized carbons (Fsp3) is 0.143. The molecule has 13 heavy (non-hydrogen) atoms. The number of hydrogen-bond acceptors (Lipinski definition) is 2. The predicted octanol–water partition coefficient (Wildman–Crippen LogP) is 2.54. The molecular weight excluding hydrogens is 233 g/mol. The molecule has 0 heterocycles. The minimum absolute atomic E-state index is 0.391. The van der Waals surface area contributed by atoms with Gasteiger partial charge >= 0.3 is 9.24 Å². The highest BCUT2D eigenvalue weighted by molar-refractivity contribution is 8.14. The van der Waals surface area contributed by atoms with Gasteiger partial charge in [0.25, 0.3) is 0 Å². The maximum atomic E-state index is 10.7. The molecule has 1 rings (SSSR count). The fourth-order valence-corrected chi connectivity index (χ4v) is 1.76. The molecule has 0 unspecified atom stereocenters. The molecule has 0 atom stereocenters. The molecule has 0 radical (unpaired) electrons. The molecule has 72 valence electrons. The van der Waals surface area contributed by atoms with Crippen molar-refractivity contribution in [3.8, 4) is 0 Å². The SMILES string of the molecule is Cc1c(Cl)cccc1NS(=O)(=O)Cl. The van der Waals surface area contributed by atoms with Gasteiger partial charge in [-0.3, -0.25) is 4.72 Å². The molecule has 0 aliphatic heterocycles. The van der Waals surface area contributed by atoms with Crippen molar-refractivity contribution in [2.75, 3.05) is 4.72 Å². The fourth-order valence-electron chi connectivity index (χ4n) is 0.849. The van der Waals surface area contributed by atoms with E-state index in [-0.39, 0.29) is 0 Å². The Morgan fingerprint density at radius 1 is 1.38 bits per heavy atom. The molecule has 0 saturated heterocycles. The minimum Gasteiger partial charge on any atom is -0.271 e. The number of rotatable bonds is 2. The van der Waals surface area contributed by atoms with Crippen LogP contribution < -0.4 is 4.72 Å². The first-order valence-electron chi connectivity index (χ1n) is 3.37. The summed E-state index contributed by atoms with van der Waals surface area (Å²) in [5, 5.41) is 0.491. The Hall–Kier alpha value is -0.450. The van der Waals surface area contributed by atoms with Crippen LogP contribution in [0.3, 0.4) is 0 Å². The monoisotopic (exact) mass is 239 g/mol. The number of halogens is 2. The lowest BCUT2D eigenvalue weighted by molar-refractivity contribution is 0.614. The third-order valence-corrected chi connectivity index (χ3v) is 2.60. The van der Waals surface area contributed by atoms with Crippen molar-refractivity contribution in [1.29, 1.82) is 0 Å². The summed E-state index contributed by atoms with van der Waals surface area (Å²) in [6.07, 6.45) is 0. The lowest BCUT2D eigenvalue weighted by Gasteiger charge is -2.06. The molecule has 0 bridgehead atoms. The second-order valence-corrected chi connectivity index (χ2v) is 5.16. The number of hydrogen-bond donors (Lipinski definition) is 1. The van der Waals surface area contributed by atoms with Gasteiger partial charge in [0, 0.05) is 15.7 Å². The quantitative estimate of drug-likeness (QED) is 0.807. The van der Waals surface area contributed by atoms with Gasteiger partial charge in [-0.15, -0.1) is 0 Å². The first-order chi connectivity index (χ1) is 5.90. The summed E-state index contributed by atoms with van der Waals surface area (Å²) in [6.45, 7) is 1.70. The number of benzene rings is 1. The van der Waals surface area contributed by atoms with E-state index < -0.39 is 9.24 Å². The Morgan fingerprint density at radius 2 is 2.00 bits per heavy atom. The molecule has 0 saturated carbocycles. The molecule has 1 N–H and O–H groups in total. The second-order valence-electron chi connectivity index (χ2n) is 2.45. The average Bonchev–Trinajstić information content (AvgIpc) is 1.96. The van der Waals surface area contributed by atoms with Crippen molar-refractivity contribution in [3.63, 3.8) is 0 Å². The van der Waals surface area contributed by atoms with E-state index in [4.69, 9.17) is 22.3 Å². The Kier molecular flexibility index (Phi) is 3.05. The van der Waals surface area contributed by atoms with Gasteiger partial charge in [-0.2, -0.15) is 8.42 Å². The minimum atomic E-state index is -3.75. The highest BCUT2D eigenvalue weighted by Crippen LogP contribution is 2.24. The Labute approximate surface area is 86.2 Å². The van der Waals surface area contributed by atoms with Crippen molar-refractivity contribution >= 4 is 37.2 Å². The van der Waals surface area contributed by atoms with Crippen LogP contribution in [0.4, 0.5) is 5.69 Å². The normalized spacial score (nSPS) is 11.3. The van der Waals surface area contributed by atoms with Crippen LogP contribution in [0.25, 0.3) is 0 Å². The topological polar surface area (TPSA) is 46.2 Å².